The monoisotopic (exact) mass is 540 g/mol. The van der Waals surface area contributed by atoms with Gasteiger partial charge in [-0.15, -0.1) is 0 Å². The van der Waals surface area contributed by atoms with Gasteiger partial charge in [0, 0.05) is 23.4 Å². The van der Waals surface area contributed by atoms with Crippen LogP contribution in [-0.4, -0.2) is 25.5 Å². The maximum Gasteiger partial charge on any atom is 0.271 e. The highest BCUT2D eigenvalue weighted by molar-refractivity contribution is 14.1. The largest absolute Gasteiger partial charge is 0.449 e. The van der Waals surface area contributed by atoms with Crippen molar-refractivity contribution in [1.29, 1.82) is 0 Å². The Kier molecular flexibility index (Phi) is 6.47. The van der Waals surface area contributed by atoms with Crippen LogP contribution in [0.15, 0.2) is 75.1 Å². The molecule has 0 atom stereocenters. The van der Waals surface area contributed by atoms with E-state index in [1.807, 2.05) is 22.6 Å². The van der Waals surface area contributed by atoms with Gasteiger partial charge >= 0.3 is 0 Å². The van der Waals surface area contributed by atoms with Gasteiger partial charge in [-0.3, -0.25) is 19.6 Å². The number of nitrogens with one attached hydrogen (secondary N) is 2. The minimum atomic E-state index is -3.94. The third-order valence-corrected chi connectivity index (χ3v) is 5.69. The summed E-state index contributed by atoms with van der Waals surface area (Å²) in [6, 6.07) is 13.6. The van der Waals surface area contributed by atoms with Crippen molar-refractivity contribution in [2.75, 3.05) is 4.72 Å². The number of anilines is 1. The number of hydrazone groups is 1. The van der Waals surface area contributed by atoms with E-state index in [1.165, 1.54) is 30.5 Å². The summed E-state index contributed by atoms with van der Waals surface area (Å²) >= 11 is 2.00. The zero-order chi connectivity index (χ0) is 21.7. The van der Waals surface area contributed by atoms with E-state index in [9.17, 15) is 23.3 Å². The number of nitro groups is 1. The molecule has 0 aliphatic heterocycles. The number of halogens is 1. The number of carbonyl (C=O) groups excluding carboxylic acids is 1. The lowest BCUT2D eigenvalue weighted by Crippen LogP contribution is -2.18. The van der Waals surface area contributed by atoms with Gasteiger partial charge in [0.25, 0.3) is 21.6 Å². The lowest BCUT2D eigenvalue weighted by atomic mass is 10.2. The zero-order valence-electron chi connectivity index (χ0n) is 15.0. The van der Waals surface area contributed by atoms with Gasteiger partial charge in [-0.25, -0.2) is 13.8 Å². The third kappa shape index (κ3) is 5.42. The first kappa shape index (κ1) is 21.4. The predicted molar refractivity (Wildman–Crippen MR) is 117 cm³/mol. The Morgan fingerprint density at radius 3 is 2.30 bits per heavy atom. The number of carbonyl (C=O) groups is 1. The van der Waals surface area contributed by atoms with Gasteiger partial charge in [-0.1, -0.05) is 0 Å². The molecular weight excluding hydrogens is 527 g/mol. The summed E-state index contributed by atoms with van der Waals surface area (Å²) in [5.41, 5.74) is 2.61. The summed E-state index contributed by atoms with van der Waals surface area (Å²) in [7, 11) is -3.94. The third-order valence-electron chi connectivity index (χ3n) is 3.71. The Morgan fingerprint density at radius 2 is 1.73 bits per heavy atom. The Bertz CT molecular complexity index is 1200. The van der Waals surface area contributed by atoms with Crippen LogP contribution >= 0.6 is 22.6 Å². The van der Waals surface area contributed by atoms with Gasteiger partial charge in [0.05, 0.1) is 16.0 Å². The molecule has 1 aromatic heterocycles. The van der Waals surface area contributed by atoms with Gasteiger partial charge in [0.2, 0.25) is 0 Å². The summed E-state index contributed by atoms with van der Waals surface area (Å²) in [4.78, 5) is 22.0. The molecule has 0 saturated carbocycles. The Morgan fingerprint density at radius 1 is 1.07 bits per heavy atom. The number of non-ortho nitro benzene ring substituents is 1. The zero-order valence-corrected chi connectivity index (χ0v) is 18.0. The number of amides is 1. The van der Waals surface area contributed by atoms with Gasteiger partial charge in [0.15, 0.2) is 3.77 Å². The number of nitrogens with zero attached hydrogens (tertiary/aromatic N) is 2. The number of rotatable bonds is 7. The molecule has 0 bridgehead atoms. The fraction of sp³-hybridized carbons (Fsp3) is 0. The molecule has 1 amide bonds. The van der Waals surface area contributed by atoms with Crippen molar-refractivity contribution >= 4 is 56.1 Å². The summed E-state index contributed by atoms with van der Waals surface area (Å²) in [5.74, 6) is -0.00650. The first-order valence-corrected chi connectivity index (χ1v) is 10.8. The number of hydrogen-bond acceptors (Lipinski definition) is 7. The van der Waals surface area contributed by atoms with E-state index in [0.717, 1.165) is 24.3 Å². The number of hydrogen-bond donors (Lipinski definition) is 2. The molecule has 0 radical (unpaired) electrons. The predicted octanol–water partition coefficient (Wildman–Crippen LogP) is 3.36. The van der Waals surface area contributed by atoms with E-state index in [1.54, 1.807) is 12.1 Å². The van der Waals surface area contributed by atoms with Crippen molar-refractivity contribution in [3.8, 4) is 0 Å². The number of sulfonamides is 1. The van der Waals surface area contributed by atoms with Crippen LogP contribution in [0.1, 0.15) is 16.1 Å². The smallest absolute Gasteiger partial charge is 0.271 e. The van der Waals surface area contributed by atoms with Crippen LogP contribution in [-0.2, 0) is 10.0 Å². The molecule has 3 rings (SSSR count). The fourth-order valence-corrected chi connectivity index (χ4v) is 3.76. The molecule has 154 valence electrons. The van der Waals surface area contributed by atoms with Gasteiger partial charge in [-0.05, 0) is 71.1 Å². The van der Waals surface area contributed by atoms with Crippen LogP contribution < -0.4 is 10.1 Å². The van der Waals surface area contributed by atoms with Crippen LogP contribution in [0.3, 0.4) is 0 Å². The average Bonchev–Trinajstić information content (AvgIpc) is 3.13. The first-order chi connectivity index (χ1) is 14.2. The topological polar surface area (TPSA) is 144 Å². The van der Waals surface area contributed by atoms with Crippen molar-refractivity contribution in [3.63, 3.8) is 0 Å². The maximum atomic E-state index is 12.4. The Labute approximate surface area is 184 Å². The molecule has 0 aliphatic carbocycles. The Hall–Kier alpha value is -3.26. The number of furan rings is 1. The van der Waals surface area contributed by atoms with E-state index in [-0.39, 0.29) is 21.8 Å². The van der Waals surface area contributed by atoms with E-state index in [0.29, 0.717) is 9.53 Å². The van der Waals surface area contributed by atoms with Crippen LogP contribution in [0, 0.1) is 13.9 Å². The first-order valence-electron chi connectivity index (χ1n) is 8.21. The van der Waals surface area contributed by atoms with Crippen molar-refractivity contribution in [3.05, 3.63) is 85.9 Å². The quantitative estimate of drug-likeness (QED) is 0.204. The lowest BCUT2D eigenvalue weighted by molar-refractivity contribution is -0.384. The molecule has 2 N–H and O–H groups in total. The highest BCUT2D eigenvalue weighted by Gasteiger charge is 2.16. The van der Waals surface area contributed by atoms with Crippen LogP contribution in [0.4, 0.5) is 11.4 Å². The summed E-state index contributed by atoms with van der Waals surface area (Å²) < 4.78 is 33.1. The van der Waals surface area contributed by atoms with Crippen LogP contribution in [0.2, 0.25) is 0 Å². The van der Waals surface area contributed by atoms with E-state index in [2.05, 4.69) is 15.2 Å². The average molecular weight is 540 g/mol. The van der Waals surface area contributed by atoms with E-state index < -0.39 is 20.9 Å². The van der Waals surface area contributed by atoms with E-state index in [4.69, 9.17) is 4.42 Å². The van der Waals surface area contributed by atoms with Crippen molar-refractivity contribution in [2.24, 2.45) is 5.10 Å². The normalized spacial score (nSPS) is 11.4. The Balaban J connectivity index is 1.63. The van der Waals surface area contributed by atoms with Crippen molar-refractivity contribution < 1.29 is 22.6 Å². The number of benzene rings is 2. The standard InChI is InChI=1S/C18H13IN4O6S/c19-17-10-7-15(29-17)11-20-21-18(24)12-1-3-13(4-2-12)22-30(27,28)16-8-5-14(6-9-16)23(25)26/h1-11,22H,(H,21,24)/b20-11+. The molecule has 30 heavy (non-hydrogen) atoms. The van der Waals surface area contributed by atoms with Crippen molar-refractivity contribution in [2.45, 2.75) is 4.90 Å². The van der Waals surface area contributed by atoms with Crippen LogP contribution in [0.5, 0.6) is 0 Å². The highest BCUT2D eigenvalue weighted by atomic mass is 127. The van der Waals surface area contributed by atoms with Gasteiger partial charge in [-0.2, -0.15) is 5.10 Å². The molecule has 0 saturated heterocycles. The minimum absolute atomic E-state index is 0.128. The van der Waals surface area contributed by atoms with Crippen molar-refractivity contribution in [1.82, 2.24) is 5.43 Å². The SMILES string of the molecule is O=C(N/N=C/c1ccc(I)o1)c1ccc(NS(=O)(=O)c2ccc([N+](=O)[O-])cc2)cc1. The van der Waals surface area contributed by atoms with Gasteiger partial charge < -0.3 is 4.42 Å². The highest BCUT2D eigenvalue weighted by Crippen LogP contribution is 2.19. The molecule has 0 unspecified atom stereocenters. The summed E-state index contributed by atoms with van der Waals surface area (Å²) in [6.45, 7) is 0. The second-order valence-electron chi connectivity index (χ2n) is 5.77. The molecule has 3 aromatic rings. The molecule has 12 heteroatoms. The maximum absolute atomic E-state index is 12.4. The van der Waals surface area contributed by atoms with Gasteiger partial charge in [0.1, 0.15) is 5.76 Å². The molecule has 1 heterocycles. The minimum Gasteiger partial charge on any atom is -0.449 e. The molecule has 10 nitrogen and oxygen atoms in total. The second-order valence-corrected chi connectivity index (χ2v) is 8.52. The summed E-state index contributed by atoms with van der Waals surface area (Å²) in [5, 5.41) is 14.5. The molecule has 0 spiro atoms. The molecular formula is C18H13IN4O6S. The van der Waals surface area contributed by atoms with E-state index >= 15 is 0 Å². The lowest BCUT2D eigenvalue weighted by Gasteiger charge is -2.08. The number of nitro benzene ring substituents is 1. The molecule has 0 aliphatic rings. The summed E-state index contributed by atoms with van der Waals surface area (Å²) in [6.07, 6.45) is 1.35. The fourth-order valence-electron chi connectivity index (χ4n) is 2.27. The molecule has 0 fully saturated rings. The van der Waals surface area contributed by atoms with Crippen LogP contribution in [0.25, 0.3) is 0 Å². The molecule has 2 aromatic carbocycles. The second kappa shape index (κ2) is 9.04.